The Hall–Kier alpha value is -2.28. The molecule has 0 aliphatic carbocycles. The van der Waals surface area contributed by atoms with Gasteiger partial charge in [-0.2, -0.15) is 0 Å². The highest BCUT2D eigenvalue weighted by atomic mass is 35.5. The molecule has 0 aromatic heterocycles. The number of halogens is 3. The van der Waals surface area contributed by atoms with Crippen LogP contribution in [-0.2, 0) is 24.4 Å². The first kappa shape index (κ1) is 24.8. The number of ether oxygens (including phenoxy) is 1. The smallest absolute Gasteiger partial charge is 0.410 e. The molecule has 0 saturated carbocycles. The molecule has 3 aromatic carbocycles. The van der Waals surface area contributed by atoms with E-state index >= 15 is 0 Å². The van der Waals surface area contributed by atoms with Crippen LogP contribution in [0.1, 0.15) is 16.7 Å². The number of aliphatic hydroxyl groups is 1. The topological polar surface area (TPSA) is 53.0 Å². The Morgan fingerprint density at radius 3 is 2.21 bits per heavy atom. The van der Waals surface area contributed by atoms with Crippen LogP contribution in [0.4, 0.5) is 4.79 Å². The van der Waals surface area contributed by atoms with Gasteiger partial charge in [0.15, 0.2) is 0 Å². The molecule has 8 heteroatoms. The number of benzene rings is 3. The van der Waals surface area contributed by atoms with Crippen molar-refractivity contribution in [1.29, 1.82) is 0 Å². The molecule has 0 radical (unpaired) electrons. The lowest BCUT2D eigenvalue weighted by molar-refractivity contribution is 0.0728. The molecule has 0 spiro atoms. The first-order valence-electron chi connectivity index (χ1n) is 10.9. The van der Waals surface area contributed by atoms with Crippen LogP contribution in [0.25, 0.3) is 0 Å². The molecular formula is C26H25Cl3N2O3. The van der Waals surface area contributed by atoms with Gasteiger partial charge in [0.25, 0.3) is 0 Å². The Bertz CT molecular complexity index is 1110. The summed E-state index contributed by atoms with van der Waals surface area (Å²) in [6, 6.07) is 22.2. The molecule has 178 valence electrons. The number of amides is 1. The van der Waals surface area contributed by atoms with Crippen molar-refractivity contribution in [2.75, 3.05) is 13.1 Å². The molecular weight excluding hydrogens is 495 g/mol. The van der Waals surface area contributed by atoms with Crippen molar-refractivity contribution < 1.29 is 14.6 Å². The van der Waals surface area contributed by atoms with E-state index in [0.29, 0.717) is 34.7 Å². The second kappa shape index (κ2) is 11.4. The maximum atomic E-state index is 12.7. The quantitative estimate of drug-likeness (QED) is 0.414. The molecule has 1 amide bonds. The molecule has 1 N–H and O–H groups in total. The zero-order chi connectivity index (χ0) is 24.1. The molecule has 1 fully saturated rings. The largest absolute Gasteiger partial charge is 0.445 e. The van der Waals surface area contributed by atoms with Gasteiger partial charge in [0, 0.05) is 34.7 Å². The number of aliphatic hydroxyl groups excluding tert-OH is 1. The molecule has 5 nitrogen and oxygen atoms in total. The fourth-order valence-electron chi connectivity index (χ4n) is 4.18. The highest BCUT2D eigenvalue weighted by molar-refractivity contribution is 6.34. The number of likely N-dealkylation sites (tertiary alicyclic amines) is 1. The second-order valence-corrected chi connectivity index (χ2v) is 9.70. The van der Waals surface area contributed by atoms with Gasteiger partial charge in [-0.25, -0.2) is 4.79 Å². The second-order valence-electron chi connectivity index (χ2n) is 8.39. The van der Waals surface area contributed by atoms with E-state index in [1.165, 1.54) is 0 Å². The highest BCUT2D eigenvalue weighted by Gasteiger charge is 2.38. The van der Waals surface area contributed by atoms with E-state index in [0.717, 1.165) is 16.7 Å². The fraction of sp³-hybridized carbons (Fsp3) is 0.269. The van der Waals surface area contributed by atoms with Crippen molar-refractivity contribution in [3.63, 3.8) is 0 Å². The lowest BCUT2D eigenvalue weighted by atomic mass is 10.1. The molecule has 1 saturated heterocycles. The Balaban J connectivity index is 1.49. The molecule has 2 atom stereocenters. The van der Waals surface area contributed by atoms with E-state index < -0.39 is 12.2 Å². The van der Waals surface area contributed by atoms with Crippen LogP contribution in [0, 0.1) is 0 Å². The van der Waals surface area contributed by atoms with Crippen molar-refractivity contribution in [3.05, 3.63) is 105 Å². The van der Waals surface area contributed by atoms with E-state index in [2.05, 4.69) is 4.90 Å². The van der Waals surface area contributed by atoms with Crippen molar-refractivity contribution in [3.8, 4) is 0 Å². The van der Waals surface area contributed by atoms with Crippen LogP contribution >= 0.6 is 34.8 Å². The van der Waals surface area contributed by atoms with E-state index in [4.69, 9.17) is 39.5 Å². The van der Waals surface area contributed by atoms with E-state index in [9.17, 15) is 9.90 Å². The Labute approximate surface area is 214 Å². The standard InChI is InChI=1S/C26H25Cl3N2O3/c27-21-8-4-7-19(9-21)13-30(14-20-10-22(28)12-23(29)11-20)24-15-31(16-25(24)32)26(33)34-17-18-5-2-1-3-6-18/h1-12,24-25,32H,13-17H2/t24-,25-/m1/s1. The third-order valence-electron chi connectivity index (χ3n) is 5.77. The van der Waals surface area contributed by atoms with Gasteiger partial charge < -0.3 is 14.7 Å². The van der Waals surface area contributed by atoms with Crippen molar-refractivity contribution in [2.45, 2.75) is 31.8 Å². The van der Waals surface area contributed by atoms with Crippen LogP contribution in [-0.4, -0.2) is 46.2 Å². The van der Waals surface area contributed by atoms with E-state index in [1.807, 2.05) is 66.7 Å². The van der Waals surface area contributed by atoms with Gasteiger partial charge >= 0.3 is 6.09 Å². The predicted molar refractivity (Wildman–Crippen MR) is 135 cm³/mol. The molecule has 0 bridgehead atoms. The van der Waals surface area contributed by atoms with Gasteiger partial charge in [-0.3, -0.25) is 4.90 Å². The van der Waals surface area contributed by atoms with Crippen LogP contribution in [0.2, 0.25) is 15.1 Å². The van der Waals surface area contributed by atoms with Crippen molar-refractivity contribution in [1.82, 2.24) is 9.80 Å². The fourth-order valence-corrected chi connectivity index (χ4v) is 4.97. The van der Waals surface area contributed by atoms with Gasteiger partial charge in [-0.05, 0) is 47.0 Å². The summed E-state index contributed by atoms with van der Waals surface area (Å²) in [5.41, 5.74) is 2.82. The predicted octanol–water partition coefficient (Wildman–Crippen LogP) is 6.03. The number of hydrogen-bond acceptors (Lipinski definition) is 4. The number of hydrogen-bond donors (Lipinski definition) is 1. The number of β-amino-alcohol motifs (C(OH)–C–C–N with tert-alkyl or cyclic N) is 1. The van der Waals surface area contributed by atoms with Crippen molar-refractivity contribution in [2.24, 2.45) is 0 Å². The molecule has 0 unspecified atom stereocenters. The highest BCUT2D eigenvalue weighted by Crippen LogP contribution is 2.26. The SMILES string of the molecule is O=C(OCc1ccccc1)N1C[C@@H](O)[C@H](N(Cc2cccc(Cl)c2)Cc2cc(Cl)cc(Cl)c2)C1. The number of rotatable bonds is 7. The third-order valence-corrected chi connectivity index (χ3v) is 6.45. The average molecular weight is 520 g/mol. The van der Waals surface area contributed by atoms with E-state index in [-0.39, 0.29) is 19.2 Å². The first-order chi connectivity index (χ1) is 16.4. The van der Waals surface area contributed by atoms with Crippen LogP contribution in [0.3, 0.4) is 0 Å². The minimum Gasteiger partial charge on any atom is -0.445 e. The molecule has 1 aliphatic rings. The number of carbonyl (C=O) groups excluding carboxylic acids is 1. The summed E-state index contributed by atoms with van der Waals surface area (Å²) in [6.07, 6.45) is -1.18. The third kappa shape index (κ3) is 6.65. The molecule has 34 heavy (non-hydrogen) atoms. The van der Waals surface area contributed by atoms with Gasteiger partial charge in [-0.1, -0.05) is 77.3 Å². The monoisotopic (exact) mass is 518 g/mol. The lowest BCUT2D eigenvalue weighted by Gasteiger charge is -2.31. The molecule has 3 aromatic rings. The van der Waals surface area contributed by atoms with Gasteiger partial charge in [0.2, 0.25) is 0 Å². The van der Waals surface area contributed by atoms with Gasteiger partial charge in [-0.15, -0.1) is 0 Å². The molecule has 1 heterocycles. The minimum atomic E-state index is -0.738. The number of carbonyl (C=O) groups is 1. The Kier molecular flexibility index (Phi) is 8.35. The summed E-state index contributed by atoms with van der Waals surface area (Å²) in [5.74, 6) is 0. The van der Waals surface area contributed by atoms with Crippen LogP contribution < -0.4 is 0 Å². The summed E-state index contributed by atoms with van der Waals surface area (Å²) in [6.45, 7) is 1.73. The zero-order valence-corrected chi connectivity index (χ0v) is 20.7. The normalized spacial score (nSPS) is 17.9. The summed E-state index contributed by atoms with van der Waals surface area (Å²) in [5, 5.41) is 12.6. The van der Waals surface area contributed by atoms with E-state index in [1.54, 1.807) is 11.0 Å². The maximum Gasteiger partial charge on any atom is 0.410 e. The van der Waals surface area contributed by atoms with Crippen LogP contribution in [0.5, 0.6) is 0 Å². The summed E-state index contributed by atoms with van der Waals surface area (Å²) < 4.78 is 5.48. The van der Waals surface area contributed by atoms with Gasteiger partial charge in [0.05, 0.1) is 18.7 Å². The Morgan fingerprint density at radius 2 is 1.50 bits per heavy atom. The van der Waals surface area contributed by atoms with Crippen LogP contribution in [0.15, 0.2) is 72.8 Å². The summed E-state index contributed by atoms with van der Waals surface area (Å²) in [7, 11) is 0. The lowest BCUT2D eigenvalue weighted by Crippen LogP contribution is -2.42. The molecule has 1 aliphatic heterocycles. The number of nitrogens with zero attached hydrogens (tertiary/aromatic N) is 2. The maximum absolute atomic E-state index is 12.7. The minimum absolute atomic E-state index is 0.185. The van der Waals surface area contributed by atoms with Gasteiger partial charge in [0.1, 0.15) is 6.61 Å². The first-order valence-corrected chi connectivity index (χ1v) is 12.1. The average Bonchev–Trinajstić information content (AvgIpc) is 3.19. The Morgan fingerprint density at radius 1 is 0.853 bits per heavy atom. The summed E-state index contributed by atoms with van der Waals surface area (Å²) in [4.78, 5) is 16.4. The molecule has 4 rings (SSSR count). The zero-order valence-electron chi connectivity index (χ0n) is 18.4. The van der Waals surface area contributed by atoms with Crippen molar-refractivity contribution >= 4 is 40.9 Å². The summed E-state index contributed by atoms with van der Waals surface area (Å²) >= 11 is 18.6.